The third-order valence-corrected chi connectivity index (χ3v) is 9.41. The monoisotopic (exact) mass is 765 g/mol. The molecule has 288 valence electrons. The molecule has 0 unspecified atom stereocenters. The molecule has 0 aliphatic rings. The van der Waals surface area contributed by atoms with Crippen LogP contribution < -0.4 is 0 Å². The Bertz CT molecular complexity index is 2180. The summed E-state index contributed by atoms with van der Waals surface area (Å²) in [6, 6.07) is 65.0. The predicted molar refractivity (Wildman–Crippen MR) is 253 cm³/mol. The van der Waals surface area contributed by atoms with E-state index in [4.69, 9.17) is 5.41 Å². The Kier molecular flexibility index (Phi) is 20.9. The van der Waals surface area contributed by atoms with Gasteiger partial charge in [0, 0.05) is 4.90 Å². The van der Waals surface area contributed by atoms with E-state index in [2.05, 4.69) is 197 Å². The second-order valence-corrected chi connectivity index (χ2v) is 13.8. The van der Waals surface area contributed by atoms with E-state index in [-0.39, 0.29) is 0 Å². The van der Waals surface area contributed by atoms with Crippen LogP contribution in [0.5, 0.6) is 0 Å². The first-order valence-corrected chi connectivity index (χ1v) is 20.0. The summed E-state index contributed by atoms with van der Waals surface area (Å²) >= 11 is 1.77. The topological polar surface area (TPSA) is 48.6 Å². The molecule has 0 aliphatic heterocycles. The van der Waals surface area contributed by atoms with Crippen LogP contribution in [-0.4, -0.2) is 26.4 Å². The van der Waals surface area contributed by atoms with Gasteiger partial charge in [-0.2, -0.15) is 0 Å². The van der Waals surface area contributed by atoms with Crippen LogP contribution >= 0.6 is 11.8 Å². The van der Waals surface area contributed by atoms with E-state index >= 15 is 0 Å². The van der Waals surface area contributed by atoms with Crippen LogP contribution in [0.25, 0.3) is 28.0 Å². The van der Waals surface area contributed by atoms with Crippen molar-refractivity contribution in [3.8, 4) is 22.3 Å². The van der Waals surface area contributed by atoms with Crippen LogP contribution in [0.3, 0.4) is 0 Å². The van der Waals surface area contributed by atoms with Crippen molar-refractivity contribution in [3.05, 3.63) is 228 Å². The average Bonchev–Trinajstić information content (AvgIpc) is 3.27. The highest BCUT2D eigenvalue weighted by atomic mass is 32.2. The molecule has 0 saturated heterocycles. The summed E-state index contributed by atoms with van der Waals surface area (Å²) in [5, 5.41) is 5.50. The zero-order valence-corrected chi connectivity index (χ0v) is 34.6. The minimum Gasteiger partial charge on any atom is -0.317 e. The van der Waals surface area contributed by atoms with Gasteiger partial charge in [-0.25, -0.2) is 0 Å². The molecule has 1 N–H and O–H groups in total. The molecule has 7 aromatic rings. The molecule has 3 nitrogen and oxygen atoms in total. The molecule has 0 atom stereocenters. The number of aryl methyl sites for hydroxylation is 3. The molecule has 0 amide bonds. The van der Waals surface area contributed by atoms with Crippen molar-refractivity contribution >= 4 is 37.6 Å². The van der Waals surface area contributed by atoms with Gasteiger partial charge in [0.05, 0.1) is 12.2 Å². The van der Waals surface area contributed by atoms with Gasteiger partial charge in [-0.15, -0.1) is 11.8 Å². The maximum absolute atomic E-state index is 5.50. The minimum atomic E-state index is 0.723. The van der Waals surface area contributed by atoms with E-state index in [0.717, 1.165) is 24.2 Å². The molecule has 7 rings (SSSR count). The standard InChI is InChI=1S/C29H25NS.C8H9N.C8H10.C7H8.CH3N/c1-30-28(21-14-22-12-15-24(16-13-22)23-8-4-3-5-9-23)26-19-17-25(18-20-26)27-10-6-7-11-29(27)31-2;1-9-7-8-5-3-2-4-6-8;1-7-4-3-5-8(2)6-7;1-7-5-3-2-4-6-7;1-2/h3-13,15-21H,1,14H2,2H3;2-6H,1,7H2;3-6H,1-2H3;2-6H,1H3;2H,1H2/b28-21-;;;;. The summed E-state index contributed by atoms with van der Waals surface area (Å²) in [5.41, 5.74) is 13.4. The Morgan fingerprint density at radius 3 is 1.51 bits per heavy atom. The van der Waals surface area contributed by atoms with Crippen molar-refractivity contribution in [3.63, 3.8) is 0 Å². The molecule has 0 saturated carbocycles. The number of benzene rings is 7. The highest BCUT2D eigenvalue weighted by molar-refractivity contribution is 7.98. The molecule has 0 spiro atoms. The maximum Gasteiger partial charge on any atom is 0.0658 e. The highest BCUT2D eigenvalue weighted by Gasteiger charge is 2.06. The molecular formula is C53H55N3S. The van der Waals surface area contributed by atoms with E-state index in [0.29, 0.717) is 0 Å². The van der Waals surface area contributed by atoms with Crippen molar-refractivity contribution in [2.24, 2.45) is 9.98 Å². The fourth-order valence-electron chi connectivity index (χ4n) is 5.71. The third-order valence-electron chi connectivity index (χ3n) is 8.61. The van der Waals surface area contributed by atoms with Crippen LogP contribution in [0, 0.1) is 26.2 Å². The smallest absolute Gasteiger partial charge is 0.0658 e. The van der Waals surface area contributed by atoms with Crippen LogP contribution in [0.4, 0.5) is 0 Å². The lowest BCUT2D eigenvalue weighted by molar-refractivity contribution is 1.08. The lowest BCUT2D eigenvalue weighted by atomic mass is 10.0. The van der Waals surface area contributed by atoms with Gasteiger partial charge in [0.25, 0.3) is 0 Å². The number of aliphatic imine (C=N–C) groups is 2. The number of rotatable bonds is 9. The molecule has 0 aliphatic carbocycles. The number of thioether (sulfide) groups is 1. The lowest BCUT2D eigenvalue weighted by Crippen LogP contribution is -1.87. The van der Waals surface area contributed by atoms with Gasteiger partial charge in [0.1, 0.15) is 0 Å². The number of hydrogen-bond donors (Lipinski definition) is 1. The highest BCUT2D eigenvalue weighted by Crippen LogP contribution is 2.31. The van der Waals surface area contributed by atoms with Crippen LogP contribution in [0.2, 0.25) is 0 Å². The molecule has 0 aromatic heterocycles. The Morgan fingerprint density at radius 2 is 1.02 bits per heavy atom. The van der Waals surface area contributed by atoms with Crippen molar-refractivity contribution in [1.82, 2.24) is 0 Å². The zero-order chi connectivity index (χ0) is 41.1. The van der Waals surface area contributed by atoms with E-state index in [1.807, 2.05) is 54.6 Å². The normalized spacial score (nSPS) is 10.0. The van der Waals surface area contributed by atoms with Crippen LogP contribution in [0.15, 0.2) is 209 Å². The van der Waals surface area contributed by atoms with Crippen molar-refractivity contribution in [1.29, 1.82) is 5.41 Å². The first-order valence-electron chi connectivity index (χ1n) is 18.8. The van der Waals surface area contributed by atoms with E-state index < -0.39 is 0 Å². The fourth-order valence-corrected chi connectivity index (χ4v) is 6.33. The first-order chi connectivity index (χ1) is 27.9. The average molecular weight is 766 g/mol. The number of hydrogen-bond acceptors (Lipinski definition) is 4. The van der Waals surface area contributed by atoms with E-state index in [1.165, 1.54) is 55.0 Å². The van der Waals surface area contributed by atoms with Crippen molar-refractivity contribution in [2.75, 3.05) is 6.26 Å². The first kappa shape index (κ1) is 45.0. The number of nitrogens with one attached hydrogen (secondary N) is 1. The Morgan fingerprint density at radius 1 is 0.526 bits per heavy atom. The van der Waals surface area contributed by atoms with Gasteiger partial charge in [-0.05, 0) is 98.6 Å². The number of nitrogens with zero attached hydrogens (tertiary/aromatic N) is 2. The molecular weight excluding hydrogens is 711 g/mol. The van der Waals surface area contributed by atoms with Gasteiger partial charge in [0.2, 0.25) is 0 Å². The lowest BCUT2D eigenvalue weighted by Gasteiger charge is -2.09. The molecule has 4 heteroatoms. The Balaban J connectivity index is 0.000000268. The molecule has 0 heterocycles. The van der Waals surface area contributed by atoms with Gasteiger partial charge >= 0.3 is 0 Å². The van der Waals surface area contributed by atoms with Crippen LogP contribution in [-0.2, 0) is 13.0 Å². The molecule has 57 heavy (non-hydrogen) atoms. The predicted octanol–water partition coefficient (Wildman–Crippen LogP) is 14.5. The largest absolute Gasteiger partial charge is 0.317 e. The molecule has 7 aromatic carbocycles. The summed E-state index contributed by atoms with van der Waals surface area (Å²) in [5.74, 6) is 0. The molecule has 0 bridgehead atoms. The van der Waals surface area contributed by atoms with Gasteiger partial charge < -0.3 is 5.41 Å². The SMILES string of the molecule is C=N.C=N/C(=C\Cc1ccc(-c2ccccc2)cc1)c1ccc(-c2ccccc2SC)cc1.C=NCc1ccccc1.Cc1cccc(C)c1.Cc1ccccc1. The summed E-state index contributed by atoms with van der Waals surface area (Å²) in [7, 11) is 0. The van der Waals surface area contributed by atoms with Gasteiger partial charge in [0.15, 0.2) is 0 Å². The fraction of sp³-hybridized carbons (Fsp3) is 0.113. The van der Waals surface area contributed by atoms with Crippen molar-refractivity contribution < 1.29 is 0 Å². The zero-order valence-electron chi connectivity index (χ0n) is 33.8. The summed E-state index contributed by atoms with van der Waals surface area (Å²) in [6.07, 6.45) is 5.08. The van der Waals surface area contributed by atoms with Crippen LogP contribution in [0.1, 0.15) is 33.4 Å². The minimum absolute atomic E-state index is 0.723. The van der Waals surface area contributed by atoms with E-state index in [9.17, 15) is 0 Å². The molecule has 0 fully saturated rings. The second-order valence-electron chi connectivity index (χ2n) is 13.0. The summed E-state index contributed by atoms with van der Waals surface area (Å²) < 4.78 is 0. The van der Waals surface area contributed by atoms with E-state index in [1.54, 1.807) is 11.8 Å². The summed E-state index contributed by atoms with van der Waals surface area (Å²) in [4.78, 5) is 9.32. The second kappa shape index (κ2) is 26.4. The Labute approximate surface area is 346 Å². The number of allylic oxidation sites excluding steroid dienone is 1. The maximum atomic E-state index is 5.50. The Hall–Kier alpha value is -6.36. The molecule has 0 radical (unpaired) electrons. The third kappa shape index (κ3) is 16.5. The van der Waals surface area contributed by atoms with Gasteiger partial charge in [-0.1, -0.05) is 205 Å². The van der Waals surface area contributed by atoms with Crippen molar-refractivity contribution in [2.45, 2.75) is 38.6 Å². The quantitative estimate of drug-likeness (QED) is 0.115. The summed E-state index contributed by atoms with van der Waals surface area (Å²) in [6.45, 7) is 16.7. The van der Waals surface area contributed by atoms with Gasteiger partial charge in [-0.3, -0.25) is 9.98 Å².